The molecule has 0 spiro atoms. The molecule has 2 heterocycles. The number of carbonyl (C=O) groups excluding carboxylic acids is 1. The van der Waals surface area contributed by atoms with Gasteiger partial charge >= 0.3 is 0 Å². The van der Waals surface area contributed by atoms with Crippen molar-refractivity contribution >= 4 is 23.2 Å². The summed E-state index contributed by atoms with van der Waals surface area (Å²) >= 11 is 5.96. The summed E-state index contributed by atoms with van der Waals surface area (Å²) in [5.41, 5.74) is 3.21. The number of rotatable bonds is 2. The summed E-state index contributed by atoms with van der Waals surface area (Å²) in [7, 11) is 0. The van der Waals surface area contributed by atoms with Crippen LogP contribution >= 0.6 is 11.6 Å². The number of carbonyl (C=O) groups is 1. The standard InChI is InChI=1S/C17H14ClN3O2/c18-11-6-4-10(5-7-11)16-19-17(22)13-3-1-2-12-14(20-23)8-9-21(16)15(12)13/h1-7,14,16H,8-9H2,(H,19,22). The highest BCUT2D eigenvalue weighted by molar-refractivity contribution is 6.30. The normalized spacial score (nSPS) is 22.3. The van der Waals surface area contributed by atoms with Crippen LogP contribution in [0.2, 0.25) is 5.02 Å². The van der Waals surface area contributed by atoms with Crippen LogP contribution in [0.1, 0.15) is 40.1 Å². The highest BCUT2D eigenvalue weighted by Gasteiger charge is 2.38. The molecule has 1 amide bonds. The van der Waals surface area contributed by atoms with Gasteiger partial charge in [0.1, 0.15) is 12.2 Å². The monoisotopic (exact) mass is 327 g/mol. The minimum atomic E-state index is -0.391. The van der Waals surface area contributed by atoms with Gasteiger partial charge in [-0.05, 0) is 30.2 Å². The van der Waals surface area contributed by atoms with Crippen LogP contribution in [-0.4, -0.2) is 12.5 Å². The number of amides is 1. The maximum atomic E-state index is 12.5. The largest absolute Gasteiger partial charge is 0.346 e. The molecule has 0 saturated carbocycles. The van der Waals surface area contributed by atoms with E-state index in [1.165, 1.54) is 0 Å². The molecule has 0 bridgehead atoms. The van der Waals surface area contributed by atoms with E-state index in [1.54, 1.807) is 12.1 Å². The van der Waals surface area contributed by atoms with E-state index in [0.29, 0.717) is 23.6 Å². The Kier molecular flexibility index (Phi) is 3.31. The van der Waals surface area contributed by atoms with E-state index in [-0.39, 0.29) is 12.1 Å². The average molecular weight is 328 g/mol. The van der Waals surface area contributed by atoms with Crippen molar-refractivity contribution in [2.45, 2.75) is 18.6 Å². The van der Waals surface area contributed by atoms with E-state index in [1.807, 2.05) is 30.3 Å². The summed E-state index contributed by atoms with van der Waals surface area (Å²) in [6, 6.07) is 12.5. The van der Waals surface area contributed by atoms with Gasteiger partial charge in [-0.25, -0.2) is 0 Å². The van der Waals surface area contributed by atoms with Crippen LogP contribution in [0.25, 0.3) is 0 Å². The number of halogens is 1. The number of benzene rings is 2. The average Bonchev–Trinajstić information content (AvgIpc) is 2.58. The van der Waals surface area contributed by atoms with Gasteiger partial charge in [0.2, 0.25) is 0 Å². The van der Waals surface area contributed by atoms with Crippen molar-refractivity contribution < 1.29 is 4.79 Å². The first-order valence-corrected chi connectivity index (χ1v) is 7.85. The lowest BCUT2D eigenvalue weighted by molar-refractivity contribution is 0.0925. The molecule has 2 unspecified atom stereocenters. The van der Waals surface area contributed by atoms with Crippen molar-refractivity contribution in [2.24, 2.45) is 5.18 Å². The van der Waals surface area contributed by atoms with Crippen LogP contribution < -0.4 is 10.2 Å². The zero-order valence-corrected chi connectivity index (χ0v) is 13.0. The van der Waals surface area contributed by atoms with E-state index < -0.39 is 6.04 Å². The minimum absolute atomic E-state index is 0.135. The molecule has 116 valence electrons. The first-order chi connectivity index (χ1) is 11.2. The molecule has 0 aromatic heterocycles. The zero-order chi connectivity index (χ0) is 16.0. The minimum Gasteiger partial charge on any atom is -0.346 e. The first-order valence-electron chi connectivity index (χ1n) is 7.47. The smallest absolute Gasteiger partial charge is 0.255 e. The molecule has 23 heavy (non-hydrogen) atoms. The van der Waals surface area contributed by atoms with Gasteiger partial charge in [-0.15, -0.1) is 0 Å². The molecule has 4 rings (SSSR count). The molecule has 2 aliphatic rings. The van der Waals surface area contributed by atoms with E-state index in [0.717, 1.165) is 16.8 Å². The number of nitroso groups, excluding NO2 is 1. The Hall–Kier alpha value is -2.40. The molecular formula is C17H14ClN3O2. The number of hydrogen-bond donors (Lipinski definition) is 1. The van der Waals surface area contributed by atoms with Crippen LogP contribution in [0.3, 0.4) is 0 Å². The van der Waals surface area contributed by atoms with Crippen molar-refractivity contribution in [3.05, 3.63) is 69.1 Å². The second-order valence-corrected chi connectivity index (χ2v) is 6.21. The Balaban J connectivity index is 1.85. The van der Waals surface area contributed by atoms with Crippen LogP contribution in [0, 0.1) is 4.91 Å². The van der Waals surface area contributed by atoms with E-state index in [2.05, 4.69) is 15.4 Å². The Bertz CT molecular complexity index is 791. The van der Waals surface area contributed by atoms with Crippen LogP contribution in [0.5, 0.6) is 0 Å². The highest BCUT2D eigenvalue weighted by atomic mass is 35.5. The number of para-hydroxylation sites is 1. The van der Waals surface area contributed by atoms with E-state index in [9.17, 15) is 9.70 Å². The van der Waals surface area contributed by atoms with Gasteiger partial charge in [-0.3, -0.25) is 4.79 Å². The molecule has 0 fully saturated rings. The second-order valence-electron chi connectivity index (χ2n) is 5.77. The number of hydrogen-bond acceptors (Lipinski definition) is 4. The van der Waals surface area contributed by atoms with Gasteiger partial charge in [-0.1, -0.05) is 41.0 Å². The third-order valence-electron chi connectivity index (χ3n) is 4.49. The van der Waals surface area contributed by atoms with Gasteiger partial charge in [0, 0.05) is 17.1 Å². The molecule has 0 aliphatic carbocycles. The van der Waals surface area contributed by atoms with Gasteiger partial charge in [0.15, 0.2) is 0 Å². The SMILES string of the molecule is O=NC1CCN2c3c(cccc31)C(=O)NC2c1ccc(Cl)cc1. The summed E-state index contributed by atoms with van der Waals surface area (Å²) in [6.45, 7) is 0.661. The Labute approximate surface area is 138 Å². The molecule has 2 aliphatic heterocycles. The van der Waals surface area contributed by atoms with Crippen LogP contribution in [-0.2, 0) is 0 Å². The number of anilines is 1. The van der Waals surface area contributed by atoms with Crippen molar-refractivity contribution in [1.82, 2.24) is 5.32 Å². The fourth-order valence-electron chi connectivity index (χ4n) is 3.42. The molecular weight excluding hydrogens is 314 g/mol. The molecule has 2 aromatic rings. The maximum absolute atomic E-state index is 12.5. The van der Waals surface area contributed by atoms with Crippen LogP contribution in [0.15, 0.2) is 47.6 Å². The predicted octanol–water partition coefficient (Wildman–Crippen LogP) is 3.80. The number of nitrogens with zero attached hydrogens (tertiary/aromatic N) is 2. The van der Waals surface area contributed by atoms with Crippen molar-refractivity contribution in [3.8, 4) is 0 Å². The summed E-state index contributed by atoms with van der Waals surface area (Å²) in [6.07, 6.45) is 0.376. The third-order valence-corrected chi connectivity index (χ3v) is 4.75. The Morgan fingerprint density at radius 2 is 1.96 bits per heavy atom. The van der Waals surface area contributed by atoms with Crippen molar-refractivity contribution in [2.75, 3.05) is 11.4 Å². The maximum Gasteiger partial charge on any atom is 0.255 e. The number of nitrogens with one attached hydrogen (secondary N) is 1. The molecule has 0 radical (unpaired) electrons. The summed E-state index contributed by atoms with van der Waals surface area (Å²) in [4.78, 5) is 25.8. The molecule has 1 N–H and O–H groups in total. The fourth-order valence-corrected chi connectivity index (χ4v) is 3.54. The first kappa shape index (κ1) is 14.2. The zero-order valence-electron chi connectivity index (χ0n) is 12.2. The molecule has 0 saturated heterocycles. The molecule has 5 nitrogen and oxygen atoms in total. The molecule has 6 heteroatoms. The summed E-state index contributed by atoms with van der Waals surface area (Å²) in [5, 5.41) is 6.92. The second kappa shape index (κ2) is 5.35. The van der Waals surface area contributed by atoms with Crippen LogP contribution in [0.4, 0.5) is 5.69 Å². The summed E-state index contributed by atoms with van der Waals surface area (Å²) in [5.74, 6) is -0.135. The lowest BCUT2D eigenvalue weighted by Gasteiger charge is -2.43. The topological polar surface area (TPSA) is 61.8 Å². The van der Waals surface area contributed by atoms with Gasteiger partial charge in [0.25, 0.3) is 5.91 Å². The van der Waals surface area contributed by atoms with E-state index >= 15 is 0 Å². The highest BCUT2D eigenvalue weighted by Crippen LogP contribution is 2.43. The quantitative estimate of drug-likeness (QED) is 0.853. The molecule has 2 aromatic carbocycles. The van der Waals surface area contributed by atoms with Crippen molar-refractivity contribution in [1.29, 1.82) is 0 Å². The fraction of sp³-hybridized carbons (Fsp3) is 0.235. The Morgan fingerprint density at radius 3 is 2.70 bits per heavy atom. The lowest BCUT2D eigenvalue weighted by atomic mass is 9.90. The predicted molar refractivity (Wildman–Crippen MR) is 88.6 cm³/mol. The summed E-state index contributed by atoms with van der Waals surface area (Å²) < 4.78 is 0. The van der Waals surface area contributed by atoms with Gasteiger partial charge in [-0.2, -0.15) is 4.91 Å². The third kappa shape index (κ3) is 2.19. The molecule has 2 atom stereocenters. The van der Waals surface area contributed by atoms with Gasteiger partial charge in [0.05, 0.1) is 11.3 Å². The Morgan fingerprint density at radius 1 is 1.17 bits per heavy atom. The van der Waals surface area contributed by atoms with Crippen molar-refractivity contribution in [3.63, 3.8) is 0 Å². The van der Waals surface area contributed by atoms with Gasteiger partial charge < -0.3 is 10.2 Å². The van der Waals surface area contributed by atoms with E-state index in [4.69, 9.17) is 11.6 Å². The lowest BCUT2D eigenvalue weighted by Crippen LogP contribution is -2.49.